The van der Waals surface area contributed by atoms with E-state index in [1.807, 2.05) is 13.0 Å². The molecule has 0 saturated heterocycles. The van der Waals surface area contributed by atoms with Gasteiger partial charge in [0.1, 0.15) is 17.4 Å². The molecule has 2 amide bonds. The first-order valence-electron chi connectivity index (χ1n) is 10.9. The number of hydrogen-bond acceptors (Lipinski definition) is 6. The molecule has 0 aliphatic heterocycles. The van der Waals surface area contributed by atoms with Crippen LogP contribution in [-0.4, -0.2) is 55.3 Å². The molecule has 1 aromatic carbocycles. The Morgan fingerprint density at radius 2 is 1.81 bits per heavy atom. The number of carbonyl (C=O) groups is 2. The molecule has 172 valence electrons. The molecular formula is C24H30N2O6. The van der Waals surface area contributed by atoms with Gasteiger partial charge < -0.3 is 23.7 Å². The van der Waals surface area contributed by atoms with Crippen LogP contribution in [0.2, 0.25) is 0 Å². The Morgan fingerprint density at radius 1 is 1.06 bits per heavy atom. The van der Waals surface area contributed by atoms with Gasteiger partial charge in [0, 0.05) is 44.7 Å². The maximum absolute atomic E-state index is 12.4. The zero-order valence-corrected chi connectivity index (χ0v) is 18.8. The minimum Gasteiger partial charge on any atom is -0.442 e. The molecule has 1 atom stereocenters. The van der Waals surface area contributed by atoms with Crippen LogP contribution in [-0.2, 0) is 4.74 Å². The van der Waals surface area contributed by atoms with Crippen molar-refractivity contribution in [3.63, 3.8) is 0 Å². The van der Waals surface area contributed by atoms with Crippen molar-refractivity contribution in [1.29, 1.82) is 0 Å². The summed E-state index contributed by atoms with van der Waals surface area (Å²) in [5, 5.41) is 0.775. The van der Waals surface area contributed by atoms with Crippen molar-refractivity contribution in [3.8, 4) is 5.75 Å². The number of fused-ring (bicyclic) bond motifs is 1. The van der Waals surface area contributed by atoms with Crippen LogP contribution in [0.4, 0.5) is 9.59 Å². The van der Waals surface area contributed by atoms with E-state index in [9.17, 15) is 14.4 Å². The van der Waals surface area contributed by atoms with Gasteiger partial charge >= 0.3 is 17.8 Å². The van der Waals surface area contributed by atoms with Gasteiger partial charge in [0.2, 0.25) is 0 Å². The second-order valence-corrected chi connectivity index (χ2v) is 8.11. The average Bonchev–Trinajstić information content (AvgIpc) is 2.72. The average molecular weight is 443 g/mol. The highest BCUT2D eigenvalue weighted by atomic mass is 16.6. The van der Waals surface area contributed by atoms with Crippen molar-refractivity contribution in [2.45, 2.75) is 45.1 Å². The highest BCUT2D eigenvalue weighted by Crippen LogP contribution is 2.22. The Kier molecular flexibility index (Phi) is 7.92. The molecule has 0 spiro atoms. The van der Waals surface area contributed by atoms with Crippen molar-refractivity contribution in [1.82, 2.24) is 9.80 Å². The molecule has 0 saturated carbocycles. The monoisotopic (exact) mass is 442 g/mol. The van der Waals surface area contributed by atoms with Gasteiger partial charge in [-0.2, -0.15) is 0 Å². The summed E-state index contributed by atoms with van der Waals surface area (Å²) in [4.78, 5) is 39.2. The van der Waals surface area contributed by atoms with Crippen molar-refractivity contribution < 1.29 is 23.5 Å². The molecule has 1 heterocycles. The first-order valence-corrected chi connectivity index (χ1v) is 10.9. The second kappa shape index (κ2) is 10.8. The van der Waals surface area contributed by atoms with E-state index in [1.54, 1.807) is 26.2 Å². The molecule has 1 aliphatic rings. The lowest BCUT2D eigenvalue weighted by atomic mass is 10.0. The normalized spacial score (nSPS) is 17.2. The number of nitrogens with zero attached hydrogens (tertiary/aromatic N) is 2. The molecule has 8 nitrogen and oxygen atoms in total. The second-order valence-electron chi connectivity index (χ2n) is 8.11. The molecule has 3 rings (SSSR count). The van der Waals surface area contributed by atoms with Gasteiger partial charge in [-0.15, -0.1) is 0 Å². The van der Waals surface area contributed by atoms with Gasteiger partial charge in [0.05, 0.1) is 0 Å². The number of likely N-dealkylation sites (N-methyl/N-ethyl adjacent to an activating group) is 2. The molecule has 8 heteroatoms. The van der Waals surface area contributed by atoms with Crippen LogP contribution in [0.1, 0.15) is 37.7 Å². The lowest BCUT2D eigenvalue weighted by molar-refractivity contribution is 0.0799. The van der Waals surface area contributed by atoms with Crippen molar-refractivity contribution >= 4 is 23.2 Å². The zero-order valence-electron chi connectivity index (χ0n) is 18.8. The number of rotatable bonds is 5. The third-order valence-electron chi connectivity index (χ3n) is 5.48. The zero-order chi connectivity index (χ0) is 23.1. The van der Waals surface area contributed by atoms with E-state index in [0.29, 0.717) is 12.1 Å². The van der Waals surface area contributed by atoms with Crippen LogP contribution < -0.4 is 10.4 Å². The molecule has 0 unspecified atom stereocenters. The molecule has 1 aromatic heterocycles. The third kappa shape index (κ3) is 6.35. The molecule has 0 N–H and O–H groups in total. The fourth-order valence-corrected chi connectivity index (χ4v) is 3.48. The fraction of sp³-hybridized carbons (Fsp3) is 0.458. The molecule has 32 heavy (non-hydrogen) atoms. The number of amides is 2. The van der Waals surface area contributed by atoms with Crippen LogP contribution in [0.5, 0.6) is 5.75 Å². The van der Waals surface area contributed by atoms with Crippen molar-refractivity contribution in [3.05, 3.63) is 52.4 Å². The molecule has 1 aliphatic carbocycles. The van der Waals surface area contributed by atoms with Crippen LogP contribution in [0.25, 0.3) is 11.0 Å². The van der Waals surface area contributed by atoms with E-state index in [1.165, 1.54) is 28.4 Å². The number of benzene rings is 1. The lowest BCUT2D eigenvalue weighted by Gasteiger charge is -2.24. The summed E-state index contributed by atoms with van der Waals surface area (Å²) in [7, 11) is 3.23. The minimum absolute atomic E-state index is 0.204. The number of ether oxygens (including phenoxy) is 2. The van der Waals surface area contributed by atoms with Gasteiger partial charge in [0.15, 0.2) is 0 Å². The summed E-state index contributed by atoms with van der Waals surface area (Å²) in [6, 6.07) is 6.31. The van der Waals surface area contributed by atoms with Crippen LogP contribution in [0, 0.1) is 6.92 Å². The predicted molar refractivity (Wildman–Crippen MR) is 121 cm³/mol. The maximum atomic E-state index is 12.4. The van der Waals surface area contributed by atoms with Gasteiger partial charge in [-0.3, -0.25) is 0 Å². The van der Waals surface area contributed by atoms with Gasteiger partial charge in [0.25, 0.3) is 0 Å². The van der Waals surface area contributed by atoms with Crippen LogP contribution in [0.15, 0.2) is 45.6 Å². The van der Waals surface area contributed by atoms with Crippen molar-refractivity contribution in [2.24, 2.45) is 0 Å². The summed E-state index contributed by atoms with van der Waals surface area (Å²) < 4.78 is 16.1. The molecule has 0 bridgehead atoms. The van der Waals surface area contributed by atoms with Crippen LogP contribution in [0.3, 0.4) is 0 Å². The quantitative estimate of drug-likeness (QED) is 0.501. The molecular weight excluding hydrogens is 412 g/mol. The number of aryl methyl sites for hydroxylation is 1. The largest absolute Gasteiger partial charge is 0.442 e. The Balaban J connectivity index is 1.50. The molecule has 2 aromatic rings. The fourth-order valence-electron chi connectivity index (χ4n) is 3.48. The number of carbonyl (C=O) groups excluding carboxylic acids is 2. The standard InChI is InChI=1S/C24H30N2O6/c1-17-15-22(27)32-21-16-19(11-12-20(17)21)31-24(29)26(3)14-13-25(2)23(28)30-18-9-7-5-4-6-8-10-18/h7,9,11-12,15-16,18H,4-6,8,10,13-14H2,1-3H3/b9-7+/t18-/m1/s1. The summed E-state index contributed by atoms with van der Waals surface area (Å²) in [5.74, 6) is 0.270. The Bertz CT molecular complexity index is 1040. The summed E-state index contributed by atoms with van der Waals surface area (Å²) in [6.45, 7) is 2.38. The number of hydrogen-bond donors (Lipinski definition) is 0. The summed E-state index contributed by atoms with van der Waals surface area (Å²) in [6.07, 6.45) is 8.03. The van der Waals surface area contributed by atoms with E-state index in [-0.39, 0.29) is 18.4 Å². The van der Waals surface area contributed by atoms with E-state index in [2.05, 4.69) is 6.08 Å². The SMILES string of the molecule is Cc1cc(=O)oc2cc(OC(=O)N(C)CCN(C)C(=O)O[C@@H]3/C=C/CCCCC3)ccc12. The maximum Gasteiger partial charge on any atom is 0.415 e. The topological polar surface area (TPSA) is 89.3 Å². The molecule has 0 radical (unpaired) electrons. The minimum atomic E-state index is -0.580. The van der Waals surface area contributed by atoms with E-state index in [4.69, 9.17) is 13.9 Å². The van der Waals surface area contributed by atoms with Gasteiger partial charge in [-0.25, -0.2) is 14.4 Å². The van der Waals surface area contributed by atoms with E-state index in [0.717, 1.165) is 36.6 Å². The summed E-state index contributed by atoms with van der Waals surface area (Å²) >= 11 is 0. The predicted octanol–water partition coefficient (Wildman–Crippen LogP) is 4.49. The smallest absolute Gasteiger partial charge is 0.415 e. The molecule has 0 fully saturated rings. The summed E-state index contributed by atoms with van der Waals surface area (Å²) in [5.41, 5.74) is 0.685. The third-order valence-corrected chi connectivity index (χ3v) is 5.48. The van der Waals surface area contributed by atoms with E-state index < -0.39 is 17.8 Å². The first-order chi connectivity index (χ1) is 15.3. The highest BCUT2D eigenvalue weighted by molar-refractivity contribution is 5.82. The highest BCUT2D eigenvalue weighted by Gasteiger charge is 2.18. The first kappa shape index (κ1) is 23.4. The van der Waals surface area contributed by atoms with Crippen molar-refractivity contribution in [2.75, 3.05) is 27.2 Å². The Labute approximate surface area is 187 Å². The van der Waals surface area contributed by atoms with Gasteiger partial charge in [-0.05, 0) is 56.4 Å². The van der Waals surface area contributed by atoms with E-state index >= 15 is 0 Å². The number of allylic oxidation sites excluding steroid dienone is 1. The van der Waals surface area contributed by atoms with Crippen LogP contribution >= 0.6 is 0 Å². The lowest BCUT2D eigenvalue weighted by Crippen LogP contribution is -2.39. The van der Waals surface area contributed by atoms with Gasteiger partial charge in [-0.1, -0.05) is 12.5 Å². The Morgan fingerprint density at radius 3 is 2.59 bits per heavy atom. The Hall–Kier alpha value is -3.29.